The lowest BCUT2D eigenvalue weighted by Gasteiger charge is -2.63. The molecule has 7 aliphatic rings. The van der Waals surface area contributed by atoms with Crippen LogP contribution < -0.4 is 9.80 Å². The number of hydrogen-bond donors (Lipinski definition) is 0. The van der Waals surface area contributed by atoms with Crippen molar-refractivity contribution in [2.75, 3.05) is 9.80 Å². The van der Waals surface area contributed by atoms with Gasteiger partial charge in [-0.25, -0.2) is 0 Å². The highest BCUT2D eigenvalue weighted by molar-refractivity contribution is 14.1. The van der Waals surface area contributed by atoms with E-state index in [9.17, 15) is 0 Å². The number of anilines is 6. The Morgan fingerprint density at radius 2 is 0.909 bits per heavy atom. The van der Waals surface area contributed by atoms with Crippen LogP contribution in [0.5, 0.6) is 0 Å². The molecule has 0 saturated heterocycles. The predicted molar refractivity (Wildman–Crippen MR) is 282 cm³/mol. The zero-order chi connectivity index (χ0) is 43.7. The molecule has 2 heterocycles. The summed E-state index contributed by atoms with van der Waals surface area (Å²) in [5.74, 6) is 5.45. The van der Waals surface area contributed by atoms with Crippen molar-refractivity contribution in [3.05, 3.63) is 192 Å². The summed E-state index contributed by atoms with van der Waals surface area (Å²) in [4.78, 5) is 5.21. The zero-order valence-corrected chi connectivity index (χ0v) is 40.3. The molecule has 0 radical (unpaired) electrons. The van der Waals surface area contributed by atoms with E-state index < -0.39 is 0 Å². The van der Waals surface area contributed by atoms with E-state index in [4.69, 9.17) is 0 Å². The molecule has 8 atom stereocenters. The molecule has 2 spiro atoms. The summed E-state index contributed by atoms with van der Waals surface area (Å²) in [6.45, 7) is 2.51. The Balaban J connectivity index is 0.870. The van der Waals surface area contributed by atoms with E-state index in [2.05, 4.69) is 209 Å². The first kappa shape index (κ1) is 40.0. The molecule has 0 aromatic heterocycles. The van der Waals surface area contributed by atoms with E-state index in [1.54, 1.807) is 11.1 Å². The summed E-state index contributed by atoms with van der Waals surface area (Å²) in [6.07, 6.45) is 13.8. The number of halogens is 1. The zero-order valence-electron chi connectivity index (χ0n) is 38.1. The van der Waals surface area contributed by atoms with E-state index in [-0.39, 0.29) is 10.8 Å². The number of benzene rings is 7. The minimum absolute atomic E-state index is 0.00951. The third kappa shape index (κ3) is 5.59. The molecule has 5 bridgehead atoms. The number of alkyl halides is 1. The smallest absolute Gasteiger partial charge is 0.0503 e. The molecule has 5 saturated carbocycles. The Morgan fingerprint density at radius 3 is 1.47 bits per heavy atom. The summed E-state index contributed by atoms with van der Waals surface area (Å²) in [6, 6.07) is 66.0. The van der Waals surface area contributed by atoms with Crippen LogP contribution in [0, 0.1) is 41.4 Å². The molecule has 66 heavy (non-hydrogen) atoms. The van der Waals surface area contributed by atoms with E-state index in [0.29, 0.717) is 15.8 Å². The summed E-state index contributed by atoms with van der Waals surface area (Å²) < 4.78 is 0.555. The lowest BCUT2D eigenvalue weighted by atomic mass is 9.42. The molecule has 14 rings (SSSR count). The van der Waals surface area contributed by atoms with Gasteiger partial charge in [-0.3, -0.25) is 0 Å². The maximum absolute atomic E-state index is 2.87. The molecule has 2 nitrogen and oxygen atoms in total. The van der Waals surface area contributed by atoms with Crippen LogP contribution in [0.4, 0.5) is 34.1 Å². The number of nitrogens with zero attached hydrogens (tertiary/aromatic N) is 2. The van der Waals surface area contributed by atoms with E-state index in [0.717, 1.165) is 29.6 Å². The van der Waals surface area contributed by atoms with Gasteiger partial charge in [-0.05, 0) is 192 Å². The SMILES string of the molecule is C[C@@H]1CC2C[C@@H](C1)C[C@@H](I)C21c2ccccc2N(c2cccc(-c3ccccc3-c3cccc(N4c5ccccc5C5(c6ccccc64)C4CCC6CC[C@H](C4)C[C@@H]65)c3)c2)c2ccccc21. The van der Waals surface area contributed by atoms with Gasteiger partial charge in [0.05, 0.1) is 22.7 Å². The fourth-order valence-electron chi connectivity index (χ4n) is 16.5. The van der Waals surface area contributed by atoms with Gasteiger partial charge in [0.25, 0.3) is 0 Å². The largest absolute Gasteiger partial charge is 0.310 e. The molecular formula is C63H59IN2. The second kappa shape index (κ2) is 15.2. The standard InChI is InChI=1S/C63H59IN2/c1-40-32-42-35-47(33-40)63(61(64)37-42)54-22-6-10-26-59(54)66(60-27-11-7-23-55(60)63)49-17-13-15-45(39-49)51-19-3-2-18-50(51)44-14-12-16-48(38-44)65-57-24-8-4-20-52(57)62(53-21-5-9-25-58(53)65)46-31-30-43-29-28-41(34-46)36-56(43)62/h2-27,38-43,46-47,56,61H,28-37H2,1H3/t40-,41+,42+,43?,46?,47?,56-,61+/m0/s1. The third-order valence-electron chi connectivity index (χ3n) is 18.7. The molecule has 7 aromatic carbocycles. The molecule has 0 amide bonds. The number of hydrogen-bond acceptors (Lipinski definition) is 2. The first-order valence-electron chi connectivity index (χ1n) is 25.4. The topological polar surface area (TPSA) is 6.48 Å². The van der Waals surface area contributed by atoms with Gasteiger partial charge in [0.1, 0.15) is 0 Å². The third-order valence-corrected chi connectivity index (χ3v) is 20.2. The van der Waals surface area contributed by atoms with Crippen LogP contribution in [-0.2, 0) is 10.8 Å². The van der Waals surface area contributed by atoms with Crippen LogP contribution in [-0.4, -0.2) is 3.92 Å². The van der Waals surface area contributed by atoms with Gasteiger partial charge in [0, 0.05) is 26.1 Å². The second-order valence-corrected chi connectivity index (χ2v) is 23.3. The van der Waals surface area contributed by atoms with Crippen LogP contribution in [0.15, 0.2) is 170 Å². The molecule has 0 N–H and O–H groups in total. The summed E-state index contributed by atoms with van der Waals surface area (Å²) in [7, 11) is 0. The van der Waals surface area contributed by atoms with Crippen LogP contribution in [0.25, 0.3) is 22.3 Å². The molecule has 7 aromatic rings. The minimum atomic E-state index is 0.00951. The average Bonchev–Trinajstić information content (AvgIpc) is 3.35. The highest BCUT2D eigenvalue weighted by Crippen LogP contribution is 2.69. The molecule has 5 aliphatic carbocycles. The van der Waals surface area contributed by atoms with Crippen molar-refractivity contribution in [2.45, 2.75) is 85.9 Å². The minimum Gasteiger partial charge on any atom is -0.310 e. The van der Waals surface area contributed by atoms with Crippen LogP contribution in [0.3, 0.4) is 0 Å². The van der Waals surface area contributed by atoms with Crippen molar-refractivity contribution in [3.8, 4) is 22.3 Å². The normalized spacial score (nSPS) is 28.0. The predicted octanol–water partition coefficient (Wildman–Crippen LogP) is 17.3. The Kier molecular flexibility index (Phi) is 9.20. The first-order valence-corrected chi connectivity index (χ1v) is 26.7. The summed E-state index contributed by atoms with van der Waals surface area (Å²) in [5.41, 5.74) is 19.2. The monoisotopic (exact) mass is 970 g/mol. The maximum atomic E-state index is 2.87. The lowest BCUT2D eigenvalue weighted by molar-refractivity contribution is -0.0342. The first-order chi connectivity index (χ1) is 32.5. The highest BCUT2D eigenvalue weighted by Gasteiger charge is 2.61. The Labute approximate surface area is 405 Å². The molecule has 3 heteroatoms. The average molecular weight is 971 g/mol. The van der Waals surface area contributed by atoms with Gasteiger partial charge >= 0.3 is 0 Å². The van der Waals surface area contributed by atoms with Gasteiger partial charge < -0.3 is 9.80 Å². The number of para-hydroxylation sites is 4. The maximum Gasteiger partial charge on any atom is 0.0503 e. The van der Waals surface area contributed by atoms with Crippen LogP contribution in [0.2, 0.25) is 0 Å². The lowest BCUT2D eigenvalue weighted by Crippen LogP contribution is -2.57. The van der Waals surface area contributed by atoms with Gasteiger partial charge in [0.2, 0.25) is 0 Å². The highest BCUT2D eigenvalue weighted by atomic mass is 127. The van der Waals surface area contributed by atoms with Crippen molar-refractivity contribution >= 4 is 56.7 Å². The number of fused-ring (bicyclic) bond motifs is 10. The fourth-order valence-corrected chi connectivity index (χ4v) is 18.4. The van der Waals surface area contributed by atoms with E-state index in [1.807, 2.05) is 0 Å². The second-order valence-electron chi connectivity index (χ2n) is 21.8. The van der Waals surface area contributed by atoms with Gasteiger partial charge in [-0.1, -0.05) is 157 Å². The van der Waals surface area contributed by atoms with Crippen molar-refractivity contribution in [3.63, 3.8) is 0 Å². The molecular weight excluding hydrogens is 912 g/mol. The van der Waals surface area contributed by atoms with E-state index >= 15 is 0 Å². The molecule has 328 valence electrons. The van der Waals surface area contributed by atoms with Crippen LogP contribution in [0.1, 0.15) is 93.4 Å². The molecule has 5 fully saturated rings. The van der Waals surface area contributed by atoms with Crippen LogP contribution >= 0.6 is 22.6 Å². The van der Waals surface area contributed by atoms with Crippen molar-refractivity contribution in [1.82, 2.24) is 0 Å². The van der Waals surface area contributed by atoms with Crippen molar-refractivity contribution in [2.24, 2.45) is 41.4 Å². The Morgan fingerprint density at radius 1 is 0.424 bits per heavy atom. The van der Waals surface area contributed by atoms with E-state index in [1.165, 1.54) is 132 Å². The molecule has 3 unspecified atom stereocenters. The van der Waals surface area contributed by atoms with Gasteiger partial charge in [-0.2, -0.15) is 0 Å². The van der Waals surface area contributed by atoms with Gasteiger partial charge in [0.15, 0.2) is 0 Å². The van der Waals surface area contributed by atoms with Gasteiger partial charge in [-0.15, -0.1) is 0 Å². The summed E-state index contributed by atoms with van der Waals surface area (Å²) in [5, 5.41) is 0. The van der Waals surface area contributed by atoms with Crippen molar-refractivity contribution < 1.29 is 0 Å². The summed E-state index contributed by atoms with van der Waals surface area (Å²) >= 11 is 2.87. The Bertz CT molecular complexity index is 2940. The number of rotatable bonds is 4. The Hall–Kier alpha value is -5.13. The fraction of sp³-hybridized carbons (Fsp3) is 0.333. The molecule has 2 aliphatic heterocycles. The van der Waals surface area contributed by atoms with Crippen molar-refractivity contribution in [1.29, 1.82) is 0 Å². The quantitative estimate of drug-likeness (QED) is 0.128.